The maximum Gasteiger partial charge on any atom is 0.328 e. The number of nitrogens with one attached hydrogen (secondary N) is 16. The van der Waals surface area contributed by atoms with Crippen molar-refractivity contribution in [2.24, 2.45) is 35.3 Å². The third-order valence-corrected chi connectivity index (χ3v) is 16.3. The zero-order valence-corrected chi connectivity index (χ0v) is 63.6. The number of aliphatic carboxylic acids is 2. The number of hydrogen-bond acceptors (Lipinski definition) is 25. The van der Waals surface area contributed by atoms with Crippen LogP contribution < -0.4 is 90.8 Å². The first-order chi connectivity index (χ1) is 52.1. The highest BCUT2D eigenvalue weighted by Gasteiger charge is 2.39. The lowest BCUT2D eigenvalue weighted by atomic mass is 9.95. The summed E-state index contributed by atoms with van der Waals surface area (Å²) in [6.07, 6.45) is -1.21. The van der Waals surface area contributed by atoms with E-state index in [1.165, 1.54) is 13.8 Å². The Balaban J connectivity index is 3.30. The van der Waals surface area contributed by atoms with Crippen molar-refractivity contribution in [3.63, 3.8) is 0 Å². The number of carboxylic acid groups (broad SMARTS) is 2. The molecule has 0 aliphatic heterocycles. The summed E-state index contributed by atoms with van der Waals surface area (Å²) >= 11 is 0. The first-order valence-electron chi connectivity index (χ1n) is 35.7. The molecule has 1 aromatic carbocycles. The van der Waals surface area contributed by atoms with E-state index in [2.05, 4.69) is 69.1 Å². The Kier molecular flexibility index (Phi) is 45.2. The Morgan fingerprint density at radius 3 is 0.973 bits per heavy atom. The molecule has 0 unspecified atom stereocenters. The van der Waals surface area contributed by atoms with Gasteiger partial charge >= 0.3 is 11.9 Å². The molecule has 14 atom stereocenters. The average molecular weight is 1580 g/mol. The zero-order valence-electron chi connectivity index (χ0n) is 63.6. The molecule has 0 saturated carbocycles. The van der Waals surface area contributed by atoms with Crippen LogP contribution in [0.3, 0.4) is 0 Å². The number of carbonyl (C=O) groups is 18. The third kappa shape index (κ3) is 37.1. The van der Waals surface area contributed by atoms with E-state index in [1.807, 2.05) is 16.0 Å². The number of amides is 16. The Bertz CT molecular complexity index is 3330. The average Bonchev–Trinajstić information content (AvgIpc) is 0.845. The first-order valence-corrected chi connectivity index (χ1v) is 35.7. The van der Waals surface area contributed by atoms with Crippen molar-refractivity contribution in [3.8, 4) is 0 Å². The number of benzene rings is 1. The molecule has 0 bridgehead atoms. The summed E-state index contributed by atoms with van der Waals surface area (Å²) in [4.78, 5) is 237. The van der Waals surface area contributed by atoms with Crippen molar-refractivity contribution in [1.82, 2.24) is 85.1 Å². The molecule has 16 amide bonds. The molecule has 111 heavy (non-hydrogen) atoms. The van der Waals surface area contributed by atoms with Crippen LogP contribution in [0.4, 0.5) is 0 Å². The highest BCUT2D eigenvalue weighted by atomic mass is 16.4. The molecule has 624 valence electrons. The van der Waals surface area contributed by atoms with Crippen LogP contribution in [-0.2, 0) is 92.7 Å². The van der Waals surface area contributed by atoms with E-state index in [9.17, 15) is 117 Å². The van der Waals surface area contributed by atoms with Crippen molar-refractivity contribution in [1.29, 1.82) is 0 Å². The number of aliphatic hydroxyl groups excluding tert-OH is 6. The van der Waals surface area contributed by atoms with Crippen LogP contribution in [0, 0.1) is 29.6 Å². The quantitative estimate of drug-likeness (QED) is 0.0288. The second-order valence-corrected chi connectivity index (χ2v) is 27.5. The molecule has 0 spiro atoms. The monoisotopic (exact) mass is 1580 g/mol. The van der Waals surface area contributed by atoms with Crippen molar-refractivity contribution in [2.75, 3.05) is 65.8 Å². The van der Waals surface area contributed by atoms with Gasteiger partial charge in [-0.2, -0.15) is 0 Å². The van der Waals surface area contributed by atoms with Gasteiger partial charge in [0.25, 0.3) is 0 Å². The topological polar surface area (TPSA) is 688 Å². The minimum absolute atomic E-state index is 0.0369. The van der Waals surface area contributed by atoms with Gasteiger partial charge in [0.1, 0.15) is 78.5 Å². The number of carbonyl (C=O) groups excluding carboxylic acids is 16. The van der Waals surface area contributed by atoms with E-state index in [1.54, 1.807) is 85.7 Å². The highest BCUT2D eigenvalue weighted by Crippen LogP contribution is 2.16. The fourth-order valence-corrected chi connectivity index (χ4v) is 10.1. The Labute approximate surface area is 639 Å². The number of aliphatic hydroxyl groups is 6. The lowest BCUT2D eigenvalue weighted by Gasteiger charge is -2.30. The fourth-order valence-electron chi connectivity index (χ4n) is 10.1. The summed E-state index contributed by atoms with van der Waals surface area (Å²) in [6, 6.07) is -12.4. The van der Waals surface area contributed by atoms with Gasteiger partial charge in [0.05, 0.1) is 72.2 Å². The van der Waals surface area contributed by atoms with E-state index < -0.39 is 269 Å². The molecule has 0 aromatic heterocycles. The standard InChI is InChI=1S/C68H111N17O26/c1-11-36(10)55(85-64(106)41(19-34(6)7)78-62(104)43(21-53(96)97)82-66(108)54(35(8)9)84-63(105)40(18-33(4)5)79-65(107)47(30-90)83-56(98)38(69)26-86)67(109)81-39(17-32(2)3)61(103)80-42(20-37-15-13-12-14-16-37)57(99)70-22-49(92)74-44(27-87)58(100)71-23-50(93)75-45(28-88)59(101)72-24-51(94)76-46(29-89)60(102)73-25-52(95)77-48(31-91)68(110)111/h12-16,32-36,38-48,54-55,86-91H,11,17-31,69H2,1-10H3,(H,70,99)(H,71,100)(H,72,101)(H,73,102)(H,74,92)(H,75,93)(H,76,94)(H,77,95)(H,78,104)(H,79,107)(H,80,103)(H,81,109)(H,82,108)(H,83,98)(H,84,105)(H,85,106)(H,96,97)(H,110,111)/t36-,38-,39-,40-,41-,42-,43-,44-,45-,46-,47-,48-,54-,55-/m0/s1. The molecule has 26 N–H and O–H groups in total. The van der Waals surface area contributed by atoms with Gasteiger partial charge in [-0.3, -0.25) is 81.5 Å². The molecule has 0 aliphatic rings. The lowest BCUT2D eigenvalue weighted by Crippen LogP contribution is -2.62. The van der Waals surface area contributed by atoms with Crippen LogP contribution in [0.1, 0.15) is 107 Å². The Morgan fingerprint density at radius 2 is 0.631 bits per heavy atom. The molecule has 0 saturated heterocycles. The summed E-state index contributed by atoms with van der Waals surface area (Å²) < 4.78 is 0. The fraction of sp³-hybridized carbons (Fsp3) is 0.647. The molecule has 43 heteroatoms. The van der Waals surface area contributed by atoms with Crippen LogP contribution >= 0.6 is 0 Å². The summed E-state index contributed by atoms with van der Waals surface area (Å²) in [5.41, 5.74) is 6.03. The molecule has 0 radical (unpaired) electrons. The number of hydrogen-bond donors (Lipinski definition) is 25. The number of nitrogens with two attached hydrogens (primary N) is 1. The molecule has 0 heterocycles. The van der Waals surface area contributed by atoms with Gasteiger partial charge < -0.3 is 132 Å². The Hall–Kier alpha value is -10.6. The molecule has 1 aromatic rings. The van der Waals surface area contributed by atoms with Crippen molar-refractivity contribution in [3.05, 3.63) is 35.9 Å². The third-order valence-electron chi connectivity index (χ3n) is 16.3. The van der Waals surface area contributed by atoms with Gasteiger partial charge in [0.15, 0.2) is 0 Å². The van der Waals surface area contributed by atoms with Crippen molar-refractivity contribution in [2.45, 2.75) is 186 Å². The second kappa shape index (κ2) is 51.0. The van der Waals surface area contributed by atoms with Gasteiger partial charge in [-0.15, -0.1) is 0 Å². The molecule has 1 rings (SSSR count). The predicted octanol–water partition coefficient (Wildman–Crippen LogP) is -10.8. The zero-order chi connectivity index (χ0) is 84.5. The Morgan fingerprint density at radius 1 is 0.333 bits per heavy atom. The minimum Gasteiger partial charge on any atom is -0.481 e. The highest BCUT2D eigenvalue weighted by molar-refractivity contribution is 6.01. The van der Waals surface area contributed by atoms with E-state index in [-0.39, 0.29) is 49.9 Å². The van der Waals surface area contributed by atoms with Crippen LogP contribution in [-0.4, -0.2) is 292 Å². The van der Waals surface area contributed by atoms with Crippen molar-refractivity contribution < 1.29 is 127 Å². The smallest absolute Gasteiger partial charge is 0.328 e. The molecule has 0 aliphatic carbocycles. The predicted molar refractivity (Wildman–Crippen MR) is 388 cm³/mol. The first kappa shape index (κ1) is 98.4. The maximum atomic E-state index is 14.5. The summed E-state index contributed by atoms with van der Waals surface area (Å²) in [6.45, 7) is 7.14. The SMILES string of the molecule is CC[C@H](C)[C@H](NC(=O)[C@H](CC(C)C)NC(=O)[C@H](CC(=O)O)NC(=O)[C@@H](NC(=O)[C@H](CC(C)C)NC(=O)[C@H](CO)NC(=O)[C@@H](N)CO)C(C)C)C(=O)N[C@@H](CC(C)C)C(=O)N[C@@H](Cc1ccccc1)C(=O)NCC(=O)N[C@@H](CO)C(=O)NCC(=O)N[C@@H](CO)C(=O)NCC(=O)N[C@@H](CO)C(=O)NCC(=O)N[C@@H](CO)C(=O)O. The van der Waals surface area contributed by atoms with Gasteiger partial charge in [0.2, 0.25) is 94.5 Å². The number of carboxylic acids is 2. The second-order valence-electron chi connectivity index (χ2n) is 27.5. The van der Waals surface area contributed by atoms with Gasteiger partial charge in [-0.25, -0.2) is 4.79 Å². The lowest BCUT2D eigenvalue weighted by molar-refractivity contribution is -0.143. The summed E-state index contributed by atoms with van der Waals surface area (Å²) in [5, 5.41) is 113. The molecular weight excluding hydrogens is 1470 g/mol. The largest absolute Gasteiger partial charge is 0.481 e. The summed E-state index contributed by atoms with van der Waals surface area (Å²) in [7, 11) is 0. The van der Waals surface area contributed by atoms with Gasteiger partial charge in [-0.1, -0.05) is 106 Å². The van der Waals surface area contributed by atoms with Crippen molar-refractivity contribution >= 4 is 106 Å². The van der Waals surface area contributed by atoms with Crippen LogP contribution in [0.15, 0.2) is 30.3 Å². The van der Waals surface area contributed by atoms with E-state index in [0.29, 0.717) is 5.56 Å². The normalized spacial score (nSPS) is 14.9. The summed E-state index contributed by atoms with van der Waals surface area (Å²) in [5.74, 6) is -22.2. The van der Waals surface area contributed by atoms with Gasteiger partial charge in [-0.05, 0) is 54.4 Å². The minimum atomic E-state index is -1.90. The number of rotatable bonds is 52. The molecule has 43 nitrogen and oxygen atoms in total. The van der Waals surface area contributed by atoms with Gasteiger partial charge in [0, 0.05) is 6.42 Å². The molecular formula is C68H111N17O26. The molecule has 0 fully saturated rings. The maximum absolute atomic E-state index is 14.5. The van der Waals surface area contributed by atoms with E-state index in [4.69, 9.17) is 15.9 Å². The van der Waals surface area contributed by atoms with Crippen LogP contribution in [0.25, 0.3) is 0 Å². The van der Waals surface area contributed by atoms with E-state index >= 15 is 0 Å². The van der Waals surface area contributed by atoms with E-state index in [0.717, 1.165) is 0 Å². The van der Waals surface area contributed by atoms with Crippen LogP contribution in [0.2, 0.25) is 0 Å². The van der Waals surface area contributed by atoms with Crippen LogP contribution in [0.5, 0.6) is 0 Å².